The molecule has 6 heteroatoms. The van der Waals surface area contributed by atoms with Crippen LogP contribution in [0.15, 0.2) is 0 Å². The molecule has 6 nitrogen and oxygen atoms in total. The van der Waals surface area contributed by atoms with E-state index in [0.717, 1.165) is 12.8 Å². The van der Waals surface area contributed by atoms with E-state index in [4.69, 9.17) is 5.11 Å². The van der Waals surface area contributed by atoms with E-state index < -0.39 is 18.1 Å². The highest BCUT2D eigenvalue weighted by atomic mass is 16.4. The second-order valence-electron chi connectivity index (χ2n) is 5.35. The Morgan fingerprint density at radius 2 is 1.83 bits per heavy atom. The van der Waals surface area contributed by atoms with Crippen LogP contribution in [0.2, 0.25) is 0 Å². The number of aliphatic hydroxyl groups excluding tert-OH is 1. The summed E-state index contributed by atoms with van der Waals surface area (Å²) in [5.74, 6) is -0.418. The number of carboxylic acid groups (broad SMARTS) is 1. The van der Waals surface area contributed by atoms with Gasteiger partial charge in [-0.2, -0.15) is 0 Å². The molecule has 0 bridgehead atoms. The van der Waals surface area contributed by atoms with Crippen LogP contribution in [-0.4, -0.2) is 63.8 Å². The van der Waals surface area contributed by atoms with Gasteiger partial charge in [-0.15, -0.1) is 0 Å². The molecule has 2 heterocycles. The van der Waals surface area contributed by atoms with Gasteiger partial charge in [0.2, 0.25) is 0 Å². The number of hydrogen-bond acceptors (Lipinski definition) is 3. The number of amides is 2. The fourth-order valence-electron chi connectivity index (χ4n) is 2.64. The van der Waals surface area contributed by atoms with Gasteiger partial charge in [-0.3, -0.25) is 0 Å². The molecule has 2 rings (SSSR count). The third-order valence-corrected chi connectivity index (χ3v) is 3.86. The molecule has 2 aliphatic rings. The highest BCUT2D eigenvalue weighted by Crippen LogP contribution is 2.23. The number of carboxylic acids is 1. The van der Waals surface area contributed by atoms with Crippen molar-refractivity contribution in [3.8, 4) is 0 Å². The van der Waals surface area contributed by atoms with Crippen molar-refractivity contribution in [1.29, 1.82) is 0 Å². The van der Waals surface area contributed by atoms with Gasteiger partial charge in [0.1, 0.15) is 6.04 Å². The Bertz CT molecular complexity index is 339. The number of hydrogen-bond donors (Lipinski definition) is 2. The number of piperidine rings is 1. The molecule has 102 valence electrons. The summed E-state index contributed by atoms with van der Waals surface area (Å²) in [5, 5.41) is 18.6. The zero-order valence-electron chi connectivity index (χ0n) is 10.6. The van der Waals surface area contributed by atoms with Crippen LogP contribution in [0.3, 0.4) is 0 Å². The average Bonchev–Trinajstić information content (AvgIpc) is 2.71. The highest BCUT2D eigenvalue weighted by Gasteiger charge is 2.40. The zero-order chi connectivity index (χ0) is 13.3. The molecule has 1 unspecified atom stereocenters. The van der Waals surface area contributed by atoms with E-state index in [1.54, 1.807) is 4.90 Å². The maximum absolute atomic E-state index is 12.2. The van der Waals surface area contributed by atoms with Gasteiger partial charge in [-0.1, -0.05) is 6.92 Å². The molecular weight excluding hydrogens is 236 g/mol. The van der Waals surface area contributed by atoms with Crippen LogP contribution in [-0.2, 0) is 4.79 Å². The van der Waals surface area contributed by atoms with Gasteiger partial charge in [0.15, 0.2) is 0 Å². The van der Waals surface area contributed by atoms with Gasteiger partial charge in [0, 0.05) is 26.1 Å². The summed E-state index contributed by atoms with van der Waals surface area (Å²) in [6, 6.07) is -1.13. The Morgan fingerprint density at radius 3 is 2.39 bits per heavy atom. The lowest BCUT2D eigenvalue weighted by molar-refractivity contribution is -0.141. The van der Waals surface area contributed by atoms with Crippen molar-refractivity contribution >= 4 is 12.0 Å². The van der Waals surface area contributed by atoms with Crippen LogP contribution in [0.25, 0.3) is 0 Å². The third kappa shape index (κ3) is 2.58. The second kappa shape index (κ2) is 5.14. The van der Waals surface area contributed by atoms with E-state index in [-0.39, 0.29) is 19.0 Å². The van der Waals surface area contributed by atoms with E-state index in [1.165, 1.54) is 4.90 Å². The molecule has 0 saturated carbocycles. The lowest BCUT2D eigenvalue weighted by Gasteiger charge is -2.34. The van der Waals surface area contributed by atoms with Crippen LogP contribution in [0.1, 0.15) is 26.2 Å². The number of nitrogens with zero attached hydrogens (tertiary/aromatic N) is 2. The van der Waals surface area contributed by atoms with Gasteiger partial charge in [0.25, 0.3) is 0 Å². The van der Waals surface area contributed by atoms with E-state index in [0.29, 0.717) is 19.0 Å². The number of carbonyl (C=O) groups is 2. The first-order valence-electron chi connectivity index (χ1n) is 6.45. The van der Waals surface area contributed by atoms with E-state index in [1.807, 2.05) is 0 Å². The van der Waals surface area contributed by atoms with Gasteiger partial charge in [0.05, 0.1) is 6.10 Å². The average molecular weight is 256 g/mol. The van der Waals surface area contributed by atoms with Crippen LogP contribution in [0.5, 0.6) is 0 Å². The third-order valence-electron chi connectivity index (χ3n) is 3.86. The molecule has 0 aliphatic carbocycles. The fraction of sp³-hybridized carbons (Fsp3) is 0.833. The van der Waals surface area contributed by atoms with Gasteiger partial charge >= 0.3 is 12.0 Å². The van der Waals surface area contributed by atoms with E-state index in [2.05, 4.69) is 6.92 Å². The predicted molar refractivity (Wildman–Crippen MR) is 64.1 cm³/mol. The van der Waals surface area contributed by atoms with E-state index in [9.17, 15) is 14.7 Å². The maximum Gasteiger partial charge on any atom is 0.326 e. The molecular formula is C12H20N2O4. The molecule has 0 radical (unpaired) electrons. The number of rotatable bonds is 1. The van der Waals surface area contributed by atoms with Gasteiger partial charge < -0.3 is 20.0 Å². The molecule has 2 saturated heterocycles. The van der Waals surface area contributed by atoms with Crippen molar-refractivity contribution in [1.82, 2.24) is 9.80 Å². The predicted octanol–water partition coefficient (Wildman–Crippen LogP) is 0.358. The van der Waals surface area contributed by atoms with Crippen LogP contribution in [0.4, 0.5) is 4.79 Å². The fourth-order valence-corrected chi connectivity index (χ4v) is 2.64. The molecule has 18 heavy (non-hydrogen) atoms. The summed E-state index contributed by atoms with van der Waals surface area (Å²) in [7, 11) is 0. The number of carbonyl (C=O) groups excluding carboxylic acids is 1. The first-order valence-corrected chi connectivity index (χ1v) is 6.45. The minimum atomic E-state index is -1.04. The maximum atomic E-state index is 12.2. The summed E-state index contributed by atoms with van der Waals surface area (Å²) in [5.41, 5.74) is 0. The molecule has 2 atom stereocenters. The normalized spacial score (nSPS) is 29.7. The van der Waals surface area contributed by atoms with Crippen LogP contribution >= 0.6 is 0 Å². The molecule has 0 aromatic heterocycles. The Kier molecular flexibility index (Phi) is 3.75. The van der Waals surface area contributed by atoms with Crippen molar-refractivity contribution in [2.24, 2.45) is 5.92 Å². The standard InChI is InChI=1S/C12H20N2O4/c1-8-2-4-13(5-3-8)12(18)14-7-9(15)6-10(14)11(16)17/h8-10,15H,2-7H2,1H3,(H,16,17)/t9?,10-/m0/s1. The van der Waals surface area contributed by atoms with Crippen LogP contribution in [0, 0.1) is 5.92 Å². The van der Waals surface area contributed by atoms with Crippen molar-refractivity contribution in [2.45, 2.75) is 38.3 Å². The SMILES string of the molecule is CC1CCN(C(=O)N2CC(O)C[C@H]2C(=O)O)CC1. The Balaban J connectivity index is 2.01. The molecule has 2 fully saturated rings. The first kappa shape index (κ1) is 13.1. The first-order chi connectivity index (χ1) is 8.49. The van der Waals surface area contributed by atoms with Crippen LogP contribution < -0.4 is 0 Å². The van der Waals surface area contributed by atoms with Crippen molar-refractivity contribution in [3.05, 3.63) is 0 Å². The minimum absolute atomic E-state index is 0.127. The number of aliphatic carboxylic acids is 1. The summed E-state index contributed by atoms with van der Waals surface area (Å²) in [4.78, 5) is 26.3. The Morgan fingerprint density at radius 1 is 1.22 bits per heavy atom. The van der Waals surface area contributed by atoms with Gasteiger partial charge in [-0.25, -0.2) is 9.59 Å². The summed E-state index contributed by atoms with van der Waals surface area (Å²) >= 11 is 0. The lowest BCUT2D eigenvalue weighted by Crippen LogP contribution is -2.50. The number of likely N-dealkylation sites (tertiary alicyclic amines) is 2. The molecule has 2 aliphatic heterocycles. The Labute approximate surface area is 106 Å². The number of β-amino-alcohol motifs (C(OH)–C–C–N with tert-alkyl or cyclic N) is 1. The van der Waals surface area contributed by atoms with Crippen molar-refractivity contribution in [3.63, 3.8) is 0 Å². The summed E-state index contributed by atoms with van der Waals surface area (Å²) in [6.45, 7) is 3.64. The minimum Gasteiger partial charge on any atom is -0.480 e. The molecule has 2 N–H and O–H groups in total. The summed E-state index contributed by atoms with van der Waals surface area (Å²) in [6.07, 6.45) is 1.32. The monoisotopic (exact) mass is 256 g/mol. The second-order valence-corrected chi connectivity index (χ2v) is 5.35. The van der Waals surface area contributed by atoms with Crippen molar-refractivity contribution < 1.29 is 19.8 Å². The van der Waals surface area contributed by atoms with Gasteiger partial charge in [-0.05, 0) is 18.8 Å². The largest absolute Gasteiger partial charge is 0.480 e. The quantitative estimate of drug-likeness (QED) is 0.709. The summed E-state index contributed by atoms with van der Waals surface area (Å²) < 4.78 is 0. The molecule has 0 aromatic rings. The highest BCUT2D eigenvalue weighted by molar-refractivity contribution is 5.83. The molecule has 0 spiro atoms. The smallest absolute Gasteiger partial charge is 0.326 e. The number of urea groups is 1. The lowest BCUT2D eigenvalue weighted by atomic mass is 9.99. The number of aliphatic hydroxyl groups is 1. The Hall–Kier alpha value is -1.30. The molecule has 2 amide bonds. The zero-order valence-corrected chi connectivity index (χ0v) is 10.6. The van der Waals surface area contributed by atoms with Crippen molar-refractivity contribution in [2.75, 3.05) is 19.6 Å². The van der Waals surface area contributed by atoms with E-state index >= 15 is 0 Å². The molecule has 0 aromatic carbocycles. The topological polar surface area (TPSA) is 81.1 Å².